The number of benzene rings is 1. The van der Waals surface area contributed by atoms with Gasteiger partial charge in [-0.1, -0.05) is 43.7 Å². The Labute approximate surface area is 138 Å². The van der Waals surface area contributed by atoms with Gasteiger partial charge in [-0.3, -0.25) is 4.79 Å². The lowest BCUT2D eigenvalue weighted by molar-refractivity contribution is -0.135. The molecule has 3 amide bonds. The van der Waals surface area contributed by atoms with Crippen LogP contribution in [0.2, 0.25) is 0 Å². The van der Waals surface area contributed by atoms with Crippen LogP contribution >= 0.6 is 0 Å². The molecule has 2 N–H and O–H groups in total. The third-order valence-corrected chi connectivity index (χ3v) is 4.21. The third-order valence-electron chi connectivity index (χ3n) is 4.21. The van der Waals surface area contributed by atoms with E-state index in [0.29, 0.717) is 6.54 Å². The maximum Gasteiger partial charge on any atom is 0.315 e. The summed E-state index contributed by atoms with van der Waals surface area (Å²) >= 11 is 0. The van der Waals surface area contributed by atoms with Gasteiger partial charge in [0.2, 0.25) is 5.91 Å². The van der Waals surface area contributed by atoms with Gasteiger partial charge in [0, 0.05) is 31.6 Å². The Morgan fingerprint density at radius 1 is 1.17 bits per heavy atom. The van der Waals surface area contributed by atoms with Gasteiger partial charge in [0.05, 0.1) is 0 Å². The highest BCUT2D eigenvalue weighted by atomic mass is 16.2. The van der Waals surface area contributed by atoms with Crippen molar-refractivity contribution in [1.29, 1.82) is 0 Å². The number of carbonyl (C=O) groups excluding carboxylic acids is 2. The maximum atomic E-state index is 12.0. The summed E-state index contributed by atoms with van der Waals surface area (Å²) in [6.45, 7) is 7.85. The molecule has 1 saturated heterocycles. The van der Waals surface area contributed by atoms with E-state index in [4.69, 9.17) is 0 Å². The van der Waals surface area contributed by atoms with Crippen molar-refractivity contribution in [2.45, 2.75) is 46.2 Å². The molecule has 0 aromatic heterocycles. The van der Waals surface area contributed by atoms with Crippen LogP contribution in [0, 0.1) is 12.8 Å². The predicted molar refractivity (Wildman–Crippen MR) is 91.0 cm³/mol. The van der Waals surface area contributed by atoms with E-state index in [0.717, 1.165) is 31.5 Å². The average molecular weight is 317 g/mol. The number of nitrogens with zero attached hydrogens (tertiary/aromatic N) is 1. The molecule has 5 heteroatoms. The Morgan fingerprint density at radius 3 is 2.35 bits per heavy atom. The molecule has 1 fully saturated rings. The summed E-state index contributed by atoms with van der Waals surface area (Å²) in [4.78, 5) is 25.8. The molecule has 1 aliphatic heterocycles. The highest BCUT2D eigenvalue weighted by molar-refractivity contribution is 5.78. The van der Waals surface area contributed by atoms with Gasteiger partial charge in [-0.25, -0.2) is 4.79 Å². The van der Waals surface area contributed by atoms with Crippen LogP contribution in [0.1, 0.15) is 37.8 Å². The van der Waals surface area contributed by atoms with Gasteiger partial charge < -0.3 is 15.5 Å². The highest BCUT2D eigenvalue weighted by Crippen LogP contribution is 2.13. The first-order valence-electron chi connectivity index (χ1n) is 8.34. The fraction of sp³-hybridized carbons (Fsp3) is 0.556. The largest absolute Gasteiger partial charge is 0.342 e. The monoisotopic (exact) mass is 317 g/mol. The molecule has 1 aliphatic rings. The van der Waals surface area contributed by atoms with Crippen LogP contribution in [0.15, 0.2) is 24.3 Å². The SMILES string of the molecule is Cc1ccc(CNC(=O)NC2CCN(C(=O)C(C)C)CC2)cc1. The minimum Gasteiger partial charge on any atom is -0.342 e. The molecule has 2 rings (SSSR count). The van der Waals surface area contributed by atoms with E-state index in [1.165, 1.54) is 5.56 Å². The molecule has 1 heterocycles. The van der Waals surface area contributed by atoms with Crippen molar-refractivity contribution < 1.29 is 9.59 Å². The summed E-state index contributed by atoms with van der Waals surface area (Å²) in [5.74, 6) is 0.240. The van der Waals surface area contributed by atoms with E-state index in [2.05, 4.69) is 10.6 Å². The van der Waals surface area contributed by atoms with Crippen LogP contribution in [0.3, 0.4) is 0 Å². The van der Waals surface area contributed by atoms with Crippen LogP contribution in [0.5, 0.6) is 0 Å². The topological polar surface area (TPSA) is 61.4 Å². The Hall–Kier alpha value is -2.04. The second-order valence-electron chi connectivity index (χ2n) is 6.57. The first-order chi connectivity index (χ1) is 11.0. The summed E-state index contributed by atoms with van der Waals surface area (Å²) in [5.41, 5.74) is 2.30. The molecular weight excluding hydrogens is 290 g/mol. The van der Waals surface area contributed by atoms with Crippen molar-refractivity contribution in [3.8, 4) is 0 Å². The van der Waals surface area contributed by atoms with Crippen molar-refractivity contribution in [2.75, 3.05) is 13.1 Å². The second-order valence-corrected chi connectivity index (χ2v) is 6.57. The number of rotatable bonds is 4. The van der Waals surface area contributed by atoms with Crippen molar-refractivity contribution in [1.82, 2.24) is 15.5 Å². The minimum atomic E-state index is -0.140. The quantitative estimate of drug-likeness (QED) is 0.896. The molecular formula is C18H27N3O2. The number of likely N-dealkylation sites (tertiary alicyclic amines) is 1. The van der Waals surface area contributed by atoms with Crippen molar-refractivity contribution in [2.24, 2.45) is 5.92 Å². The first kappa shape index (κ1) is 17.3. The summed E-state index contributed by atoms with van der Waals surface area (Å²) in [7, 11) is 0. The summed E-state index contributed by atoms with van der Waals surface area (Å²) in [6, 6.07) is 8.12. The summed E-state index contributed by atoms with van der Waals surface area (Å²) in [5, 5.41) is 5.89. The smallest absolute Gasteiger partial charge is 0.315 e. The fourth-order valence-electron chi connectivity index (χ4n) is 2.73. The molecule has 0 radical (unpaired) electrons. The maximum absolute atomic E-state index is 12.0. The number of hydrogen-bond donors (Lipinski definition) is 2. The number of piperidine rings is 1. The Morgan fingerprint density at radius 2 is 1.78 bits per heavy atom. The van der Waals surface area contributed by atoms with Crippen molar-refractivity contribution >= 4 is 11.9 Å². The molecule has 0 spiro atoms. The zero-order valence-electron chi connectivity index (χ0n) is 14.3. The van der Waals surface area contributed by atoms with Gasteiger partial charge >= 0.3 is 6.03 Å². The molecule has 1 aromatic rings. The van der Waals surface area contributed by atoms with Crippen molar-refractivity contribution in [3.05, 3.63) is 35.4 Å². The van der Waals surface area contributed by atoms with Crippen LogP contribution in [0.25, 0.3) is 0 Å². The van der Waals surface area contributed by atoms with E-state index in [1.807, 2.05) is 49.9 Å². The standard InChI is InChI=1S/C18H27N3O2/c1-13(2)17(22)21-10-8-16(9-11-21)20-18(23)19-12-15-6-4-14(3)5-7-15/h4-7,13,16H,8-12H2,1-3H3,(H2,19,20,23). The normalized spacial score (nSPS) is 15.6. The van der Waals surface area contributed by atoms with E-state index in [1.54, 1.807) is 0 Å². The molecule has 23 heavy (non-hydrogen) atoms. The Bertz CT molecular complexity index is 532. The number of amides is 3. The third kappa shape index (κ3) is 5.27. The van der Waals surface area contributed by atoms with Crippen LogP contribution in [0.4, 0.5) is 4.79 Å². The number of hydrogen-bond acceptors (Lipinski definition) is 2. The molecule has 5 nitrogen and oxygen atoms in total. The lowest BCUT2D eigenvalue weighted by atomic mass is 10.0. The van der Waals surface area contributed by atoms with E-state index in [9.17, 15) is 9.59 Å². The molecule has 0 bridgehead atoms. The highest BCUT2D eigenvalue weighted by Gasteiger charge is 2.24. The molecule has 126 valence electrons. The molecule has 0 atom stereocenters. The summed E-state index contributed by atoms with van der Waals surface area (Å²) < 4.78 is 0. The summed E-state index contributed by atoms with van der Waals surface area (Å²) in [6.07, 6.45) is 1.63. The van der Waals surface area contributed by atoms with E-state index >= 15 is 0 Å². The second kappa shape index (κ2) is 7.99. The van der Waals surface area contributed by atoms with Gasteiger partial charge in [-0.15, -0.1) is 0 Å². The van der Waals surface area contributed by atoms with E-state index < -0.39 is 0 Å². The molecule has 0 unspecified atom stereocenters. The fourth-order valence-corrected chi connectivity index (χ4v) is 2.73. The van der Waals surface area contributed by atoms with Gasteiger partial charge in [-0.2, -0.15) is 0 Å². The van der Waals surface area contributed by atoms with Gasteiger partial charge in [-0.05, 0) is 25.3 Å². The molecule has 1 aromatic carbocycles. The van der Waals surface area contributed by atoms with Gasteiger partial charge in [0.25, 0.3) is 0 Å². The van der Waals surface area contributed by atoms with E-state index in [-0.39, 0.29) is 23.9 Å². The Kier molecular flexibility index (Phi) is 6.02. The zero-order chi connectivity index (χ0) is 16.8. The Balaban J connectivity index is 1.70. The lowest BCUT2D eigenvalue weighted by Crippen LogP contribution is -2.49. The number of nitrogens with one attached hydrogen (secondary N) is 2. The zero-order valence-corrected chi connectivity index (χ0v) is 14.3. The lowest BCUT2D eigenvalue weighted by Gasteiger charge is -2.33. The number of urea groups is 1. The molecule has 0 aliphatic carbocycles. The number of aryl methyl sites for hydroxylation is 1. The van der Waals surface area contributed by atoms with Crippen LogP contribution < -0.4 is 10.6 Å². The van der Waals surface area contributed by atoms with Gasteiger partial charge in [0.1, 0.15) is 0 Å². The molecule has 0 saturated carbocycles. The predicted octanol–water partition coefficient (Wildman–Crippen LogP) is 2.44. The van der Waals surface area contributed by atoms with Crippen LogP contribution in [-0.2, 0) is 11.3 Å². The average Bonchev–Trinajstić information content (AvgIpc) is 2.54. The number of carbonyl (C=O) groups is 2. The van der Waals surface area contributed by atoms with Gasteiger partial charge in [0.15, 0.2) is 0 Å². The van der Waals surface area contributed by atoms with Crippen molar-refractivity contribution in [3.63, 3.8) is 0 Å². The minimum absolute atomic E-state index is 0.0392. The first-order valence-corrected chi connectivity index (χ1v) is 8.34. The van der Waals surface area contributed by atoms with Crippen LogP contribution in [-0.4, -0.2) is 36.0 Å².